The second-order valence-electron chi connectivity index (χ2n) is 5.95. The van der Waals surface area contributed by atoms with Crippen LogP contribution in [0.5, 0.6) is 0 Å². The summed E-state index contributed by atoms with van der Waals surface area (Å²) in [6, 6.07) is 0.153. The van der Waals surface area contributed by atoms with Gasteiger partial charge in [0.05, 0.1) is 11.0 Å². The normalized spacial score (nSPS) is 33.6. The third-order valence-corrected chi connectivity index (χ3v) is 6.55. The lowest BCUT2D eigenvalue weighted by Crippen LogP contribution is -2.52. The molecule has 0 saturated heterocycles. The Morgan fingerprint density at radius 3 is 2.33 bits per heavy atom. The van der Waals surface area contributed by atoms with E-state index in [1.807, 2.05) is 6.92 Å². The Morgan fingerprint density at radius 2 is 1.78 bits per heavy atom. The molecule has 0 aliphatic heterocycles. The van der Waals surface area contributed by atoms with Gasteiger partial charge in [-0.15, -0.1) is 0 Å². The number of rotatable bonds is 6. The van der Waals surface area contributed by atoms with Crippen LogP contribution in [0, 0.1) is 11.8 Å². The van der Waals surface area contributed by atoms with Gasteiger partial charge in [0.25, 0.3) is 0 Å². The van der Waals surface area contributed by atoms with E-state index in [2.05, 4.69) is 26.1 Å². The molecular formula is C14H29NO2S. The van der Waals surface area contributed by atoms with Gasteiger partial charge in [0.2, 0.25) is 0 Å². The molecule has 0 amide bonds. The lowest BCUT2D eigenvalue weighted by atomic mass is 9.80. The van der Waals surface area contributed by atoms with Gasteiger partial charge in [-0.25, -0.2) is 8.42 Å². The molecule has 1 rings (SSSR count). The fourth-order valence-corrected chi connectivity index (χ4v) is 5.75. The highest BCUT2D eigenvalue weighted by molar-refractivity contribution is 7.92. The number of hydrogen-bond donors (Lipinski definition) is 1. The molecule has 1 N–H and O–H groups in total. The lowest BCUT2D eigenvalue weighted by Gasteiger charge is -2.39. The Morgan fingerprint density at radius 1 is 1.11 bits per heavy atom. The van der Waals surface area contributed by atoms with Gasteiger partial charge in [0.15, 0.2) is 9.84 Å². The zero-order valence-electron chi connectivity index (χ0n) is 12.3. The van der Waals surface area contributed by atoms with Crippen LogP contribution in [0.2, 0.25) is 0 Å². The molecule has 0 bridgehead atoms. The topological polar surface area (TPSA) is 46.2 Å². The summed E-state index contributed by atoms with van der Waals surface area (Å²) in [6.07, 6.45) is 3.82. The van der Waals surface area contributed by atoms with E-state index < -0.39 is 9.84 Å². The standard InChI is InChI=1S/C14H29NO2S/c1-5-7-15-13-10-11(3)9-12(4)14(13)18(16,17)8-6-2/h11-15H,5-10H2,1-4H3. The van der Waals surface area contributed by atoms with E-state index in [1.54, 1.807) is 0 Å². The number of nitrogens with one attached hydrogen (secondary N) is 1. The summed E-state index contributed by atoms with van der Waals surface area (Å²) >= 11 is 0. The van der Waals surface area contributed by atoms with Crippen LogP contribution in [0.4, 0.5) is 0 Å². The summed E-state index contributed by atoms with van der Waals surface area (Å²) in [7, 11) is -2.95. The van der Waals surface area contributed by atoms with Crippen LogP contribution in [-0.4, -0.2) is 32.0 Å². The van der Waals surface area contributed by atoms with Crippen LogP contribution in [0.3, 0.4) is 0 Å². The van der Waals surface area contributed by atoms with E-state index in [0.717, 1.165) is 32.2 Å². The zero-order valence-corrected chi connectivity index (χ0v) is 13.1. The average molecular weight is 275 g/mol. The Balaban J connectivity index is 2.87. The van der Waals surface area contributed by atoms with Crippen molar-refractivity contribution in [2.75, 3.05) is 12.3 Å². The maximum absolute atomic E-state index is 12.4. The molecule has 108 valence electrons. The highest BCUT2D eigenvalue weighted by atomic mass is 32.2. The van der Waals surface area contributed by atoms with Crippen molar-refractivity contribution in [1.82, 2.24) is 5.32 Å². The Bertz CT molecular complexity index is 340. The molecule has 1 saturated carbocycles. The Labute approximate surface area is 113 Å². The van der Waals surface area contributed by atoms with Crippen molar-refractivity contribution in [3.05, 3.63) is 0 Å². The molecule has 1 fully saturated rings. The van der Waals surface area contributed by atoms with Crippen LogP contribution in [0.15, 0.2) is 0 Å². The molecule has 4 atom stereocenters. The molecule has 18 heavy (non-hydrogen) atoms. The van der Waals surface area contributed by atoms with Crippen molar-refractivity contribution in [2.24, 2.45) is 11.8 Å². The molecule has 4 heteroatoms. The first-order valence-corrected chi connectivity index (χ1v) is 9.08. The molecule has 1 aliphatic rings. The van der Waals surface area contributed by atoms with Crippen molar-refractivity contribution in [3.63, 3.8) is 0 Å². The van der Waals surface area contributed by atoms with Crippen LogP contribution in [0.25, 0.3) is 0 Å². The van der Waals surface area contributed by atoms with Gasteiger partial charge >= 0.3 is 0 Å². The number of sulfone groups is 1. The Hall–Kier alpha value is -0.0900. The second-order valence-corrected chi connectivity index (χ2v) is 8.22. The monoisotopic (exact) mass is 275 g/mol. The fourth-order valence-electron chi connectivity index (χ4n) is 3.38. The average Bonchev–Trinajstić information content (AvgIpc) is 2.24. The van der Waals surface area contributed by atoms with Crippen molar-refractivity contribution >= 4 is 9.84 Å². The van der Waals surface area contributed by atoms with E-state index in [9.17, 15) is 8.42 Å². The molecule has 0 heterocycles. The van der Waals surface area contributed by atoms with E-state index >= 15 is 0 Å². The summed E-state index contributed by atoms with van der Waals surface area (Å²) in [4.78, 5) is 0. The summed E-state index contributed by atoms with van der Waals surface area (Å²) in [5.74, 6) is 1.24. The molecule has 0 aromatic heterocycles. The van der Waals surface area contributed by atoms with E-state index in [-0.39, 0.29) is 17.2 Å². The van der Waals surface area contributed by atoms with E-state index in [4.69, 9.17) is 0 Å². The Kier molecular flexibility index (Phi) is 6.12. The molecule has 0 aromatic carbocycles. The van der Waals surface area contributed by atoms with Gasteiger partial charge in [0.1, 0.15) is 0 Å². The zero-order chi connectivity index (χ0) is 13.8. The summed E-state index contributed by atoms with van der Waals surface area (Å²) in [6.45, 7) is 9.33. The molecule has 0 aromatic rings. The summed E-state index contributed by atoms with van der Waals surface area (Å²) in [5, 5.41) is 3.29. The minimum absolute atomic E-state index is 0.153. The number of hydrogen-bond acceptors (Lipinski definition) is 3. The molecule has 0 spiro atoms. The van der Waals surface area contributed by atoms with Gasteiger partial charge in [-0.2, -0.15) is 0 Å². The van der Waals surface area contributed by atoms with Crippen molar-refractivity contribution < 1.29 is 8.42 Å². The third kappa shape index (κ3) is 3.95. The smallest absolute Gasteiger partial charge is 0.154 e. The van der Waals surface area contributed by atoms with Crippen molar-refractivity contribution in [1.29, 1.82) is 0 Å². The van der Waals surface area contributed by atoms with Crippen LogP contribution < -0.4 is 5.32 Å². The first-order valence-electron chi connectivity index (χ1n) is 7.37. The first kappa shape index (κ1) is 16.0. The maximum Gasteiger partial charge on any atom is 0.154 e. The van der Waals surface area contributed by atoms with Gasteiger partial charge in [-0.05, 0) is 44.1 Å². The fraction of sp³-hybridized carbons (Fsp3) is 1.00. The quantitative estimate of drug-likeness (QED) is 0.810. The molecule has 0 radical (unpaired) electrons. The van der Waals surface area contributed by atoms with Gasteiger partial charge in [-0.3, -0.25) is 0 Å². The highest BCUT2D eigenvalue weighted by Gasteiger charge is 2.41. The van der Waals surface area contributed by atoms with E-state index in [1.165, 1.54) is 0 Å². The lowest BCUT2D eigenvalue weighted by molar-refractivity contribution is 0.242. The predicted molar refractivity (Wildman–Crippen MR) is 77.5 cm³/mol. The maximum atomic E-state index is 12.4. The van der Waals surface area contributed by atoms with Crippen LogP contribution in [-0.2, 0) is 9.84 Å². The second kappa shape index (κ2) is 6.90. The SMILES string of the molecule is CCCNC1CC(C)CC(C)C1S(=O)(=O)CCC. The van der Waals surface area contributed by atoms with E-state index in [0.29, 0.717) is 11.7 Å². The van der Waals surface area contributed by atoms with Gasteiger partial charge < -0.3 is 5.32 Å². The molecule has 4 unspecified atom stereocenters. The minimum Gasteiger partial charge on any atom is -0.313 e. The van der Waals surface area contributed by atoms with Crippen LogP contribution in [0.1, 0.15) is 53.4 Å². The van der Waals surface area contributed by atoms with Gasteiger partial charge in [-0.1, -0.05) is 27.7 Å². The largest absolute Gasteiger partial charge is 0.313 e. The summed E-state index contributed by atoms with van der Waals surface area (Å²) < 4.78 is 24.9. The summed E-state index contributed by atoms with van der Waals surface area (Å²) in [5.41, 5.74) is 0. The molecule has 1 aliphatic carbocycles. The third-order valence-electron chi connectivity index (χ3n) is 3.95. The minimum atomic E-state index is -2.95. The first-order chi connectivity index (χ1) is 8.42. The molecular weight excluding hydrogens is 246 g/mol. The van der Waals surface area contributed by atoms with Crippen molar-refractivity contribution in [3.8, 4) is 0 Å². The van der Waals surface area contributed by atoms with Crippen molar-refractivity contribution in [2.45, 2.75) is 64.7 Å². The predicted octanol–water partition coefficient (Wildman–Crippen LogP) is 2.61. The molecule has 3 nitrogen and oxygen atoms in total. The highest BCUT2D eigenvalue weighted by Crippen LogP contribution is 2.33. The van der Waals surface area contributed by atoms with Crippen LogP contribution >= 0.6 is 0 Å². The van der Waals surface area contributed by atoms with Gasteiger partial charge in [0, 0.05) is 6.04 Å².